The number of benzene rings is 1. The molecule has 1 aliphatic heterocycles. The first-order valence-electron chi connectivity index (χ1n) is 11.2. The lowest BCUT2D eigenvalue weighted by Crippen LogP contribution is -2.63. The minimum Gasteiger partial charge on any atom is -0.381 e. The molecular weight excluding hydrogens is 525 g/mol. The maximum Gasteiger partial charge on any atom is 0.435 e. The molecule has 0 bridgehead atoms. The van der Waals surface area contributed by atoms with E-state index in [2.05, 4.69) is 20.4 Å². The van der Waals surface area contributed by atoms with Crippen molar-refractivity contribution < 1.29 is 45.5 Å². The van der Waals surface area contributed by atoms with Gasteiger partial charge in [0.15, 0.2) is 0 Å². The van der Waals surface area contributed by atoms with E-state index in [1.165, 1.54) is 32.3 Å². The van der Waals surface area contributed by atoms with Gasteiger partial charge in [-0.2, -0.15) is 31.3 Å². The molecule has 2 aromatic heterocycles. The van der Waals surface area contributed by atoms with E-state index in [1.807, 2.05) is 0 Å². The number of rotatable bonds is 6. The number of alkyl halides is 7. The SMILES string of the molecule is CC(C)(O)c1nc(-c2cncc(C(O)(c3ccc(C(F)(C(F)(F)F)C(F)(F)F)cc3)C3(C)CNC3)c2)no1. The Morgan fingerprint density at radius 1 is 0.868 bits per heavy atom. The molecule has 38 heavy (non-hydrogen) atoms. The fraction of sp³-hybridized carbons (Fsp3) is 0.458. The van der Waals surface area contributed by atoms with Crippen molar-refractivity contribution in [3.8, 4) is 11.4 Å². The van der Waals surface area contributed by atoms with Crippen LogP contribution in [0.3, 0.4) is 0 Å². The zero-order valence-electron chi connectivity index (χ0n) is 20.2. The van der Waals surface area contributed by atoms with Crippen molar-refractivity contribution in [1.82, 2.24) is 20.4 Å². The third kappa shape index (κ3) is 4.24. The van der Waals surface area contributed by atoms with Crippen LogP contribution in [0, 0.1) is 5.41 Å². The van der Waals surface area contributed by atoms with E-state index in [0.29, 0.717) is 12.1 Å². The number of hydrogen-bond donors (Lipinski definition) is 3. The minimum atomic E-state index is -6.27. The summed E-state index contributed by atoms with van der Waals surface area (Å²) in [4.78, 5) is 8.21. The molecule has 0 aliphatic carbocycles. The van der Waals surface area contributed by atoms with Crippen molar-refractivity contribution in [2.75, 3.05) is 13.1 Å². The van der Waals surface area contributed by atoms with Crippen molar-refractivity contribution in [3.63, 3.8) is 0 Å². The smallest absolute Gasteiger partial charge is 0.381 e. The van der Waals surface area contributed by atoms with Crippen LogP contribution in [0.1, 0.15) is 43.4 Å². The lowest BCUT2D eigenvalue weighted by Gasteiger charge is -2.52. The van der Waals surface area contributed by atoms with Gasteiger partial charge in [-0.15, -0.1) is 0 Å². The van der Waals surface area contributed by atoms with E-state index in [-0.39, 0.29) is 41.5 Å². The van der Waals surface area contributed by atoms with E-state index in [9.17, 15) is 40.9 Å². The van der Waals surface area contributed by atoms with Crippen LogP contribution in [0.15, 0.2) is 47.2 Å². The number of aromatic nitrogens is 3. The summed E-state index contributed by atoms with van der Waals surface area (Å²) in [5.74, 6) is -0.0772. The van der Waals surface area contributed by atoms with Gasteiger partial charge < -0.3 is 20.1 Å². The number of pyridine rings is 1. The van der Waals surface area contributed by atoms with E-state index in [4.69, 9.17) is 4.52 Å². The molecule has 1 fully saturated rings. The molecule has 1 aromatic carbocycles. The Kier molecular flexibility index (Phi) is 6.40. The van der Waals surface area contributed by atoms with Gasteiger partial charge >= 0.3 is 18.0 Å². The Hall–Kier alpha value is -3.10. The van der Waals surface area contributed by atoms with Crippen LogP contribution >= 0.6 is 0 Å². The maximum absolute atomic E-state index is 14.6. The molecule has 0 amide bonds. The molecule has 3 N–H and O–H groups in total. The highest BCUT2D eigenvalue weighted by Crippen LogP contribution is 2.54. The Balaban J connectivity index is 1.82. The standard InChI is InChI=1S/C24H23F7N4O3/c1-19(2,36)18-34-17(35-38-18)13-8-16(10-32-9-13)21(37,20(3)11-33-12-20)14-4-6-15(7-5-14)22(25,23(26,27)28)24(29,30)31/h4-10,33,36-37H,11-12H2,1-3H3. The molecule has 3 heterocycles. The number of nitrogens with zero attached hydrogens (tertiary/aromatic N) is 3. The van der Waals surface area contributed by atoms with Gasteiger partial charge in [-0.05, 0) is 25.5 Å². The minimum absolute atomic E-state index is 0.0172. The summed E-state index contributed by atoms with van der Waals surface area (Å²) in [6.07, 6.45) is -9.91. The summed E-state index contributed by atoms with van der Waals surface area (Å²) in [6.45, 7) is 4.98. The lowest BCUT2D eigenvalue weighted by atomic mass is 9.62. The Morgan fingerprint density at radius 2 is 1.42 bits per heavy atom. The van der Waals surface area contributed by atoms with Gasteiger partial charge in [-0.1, -0.05) is 36.3 Å². The first-order valence-corrected chi connectivity index (χ1v) is 11.2. The first-order chi connectivity index (χ1) is 17.3. The predicted octanol–water partition coefficient (Wildman–Crippen LogP) is 4.49. The predicted molar refractivity (Wildman–Crippen MR) is 118 cm³/mol. The molecule has 4 rings (SSSR count). The lowest BCUT2D eigenvalue weighted by molar-refractivity contribution is -0.348. The Bertz CT molecular complexity index is 1300. The van der Waals surface area contributed by atoms with E-state index in [1.54, 1.807) is 6.92 Å². The summed E-state index contributed by atoms with van der Waals surface area (Å²) >= 11 is 0. The highest BCUT2D eigenvalue weighted by atomic mass is 19.4. The monoisotopic (exact) mass is 548 g/mol. The molecule has 7 nitrogen and oxygen atoms in total. The average Bonchev–Trinajstić information content (AvgIpc) is 3.31. The highest BCUT2D eigenvalue weighted by molar-refractivity contribution is 5.56. The molecule has 1 aliphatic rings. The van der Waals surface area contributed by atoms with Crippen molar-refractivity contribution in [2.45, 2.75) is 50.0 Å². The molecule has 0 spiro atoms. The van der Waals surface area contributed by atoms with Crippen molar-refractivity contribution >= 4 is 0 Å². The third-order valence-electron chi connectivity index (χ3n) is 6.75. The second kappa shape index (κ2) is 8.71. The van der Waals surface area contributed by atoms with Crippen LogP contribution in [0.25, 0.3) is 11.4 Å². The van der Waals surface area contributed by atoms with Crippen molar-refractivity contribution in [2.24, 2.45) is 5.41 Å². The summed E-state index contributed by atoms with van der Waals surface area (Å²) in [6, 6.07) is 3.83. The summed E-state index contributed by atoms with van der Waals surface area (Å²) in [5.41, 5.74) is -11.4. The van der Waals surface area contributed by atoms with Crippen LogP contribution in [-0.4, -0.2) is 50.8 Å². The van der Waals surface area contributed by atoms with Gasteiger partial charge in [0.05, 0.1) is 0 Å². The van der Waals surface area contributed by atoms with E-state index < -0.39 is 40.2 Å². The topological polar surface area (TPSA) is 104 Å². The fourth-order valence-electron chi connectivity index (χ4n) is 4.40. The van der Waals surface area contributed by atoms with Gasteiger partial charge in [0.2, 0.25) is 5.82 Å². The van der Waals surface area contributed by atoms with E-state index in [0.717, 1.165) is 12.1 Å². The van der Waals surface area contributed by atoms with Crippen molar-refractivity contribution in [1.29, 1.82) is 0 Å². The molecule has 0 saturated carbocycles. The van der Waals surface area contributed by atoms with E-state index >= 15 is 0 Å². The molecule has 0 radical (unpaired) electrons. The zero-order valence-corrected chi connectivity index (χ0v) is 20.2. The number of halogens is 7. The second-order valence-corrected chi connectivity index (χ2v) is 10.1. The molecule has 206 valence electrons. The van der Waals surface area contributed by atoms with Gasteiger partial charge in [-0.3, -0.25) is 4.98 Å². The molecule has 14 heteroatoms. The van der Waals surface area contributed by atoms with Gasteiger partial charge in [-0.25, -0.2) is 4.39 Å². The quantitative estimate of drug-likeness (QED) is 0.390. The maximum atomic E-state index is 14.6. The van der Waals surface area contributed by atoms with Gasteiger partial charge in [0.25, 0.3) is 5.89 Å². The summed E-state index contributed by atoms with van der Waals surface area (Å²) < 4.78 is 99.0. The van der Waals surface area contributed by atoms with Crippen LogP contribution in [0.2, 0.25) is 0 Å². The second-order valence-electron chi connectivity index (χ2n) is 10.1. The number of aliphatic hydroxyl groups is 2. The zero-order chi connectivity index (χ0) is 28.4. The molecule has 1 unspecified atom stereocenters. The molecule has 1 saturated heterocycles. The Morgan fingerprint density at radius 3 is 1.87 bits per heavy atom. The number of nitrogens with one attached hydrogen (secondary N) is 1. The average molecular weight is 548 g/mol. The fourth-order valence-corrected chi connectivity index (χ4v) is 4.40. The first kappa shape index (κ1) is 27.9. The molecule has 3 aromatic rings. The van der Waals surface area contributed by atoms with Crippen LogP contribution in [-0.2, 0) is 16.9 Å². The van der Waals surface area contributed by atoms with Crippen LogP contribution in [0.4, 0.5) is 30.7 Å². The normalized spacial score (nSPS) is 18.1. The third-order valence-corrected chi connectivity index (χ3v) is 6.75. The Labute approximate surface area is 211 Å². The molecular formula is C24H23F7N4O3. The largest absolute Gasteiger partial charge is 0.435 e. The van der Waals surface area contributed by atoms with Crippen LogP contribution < -0.4 is 5.32 Å². The van der Waals surface area contributed by atoms with Gasteiger partial charge in [0, 0.05) is 47.6 Å². The summed E-state index contributed by atoms with van der Waals surface area (Å²) in [7, 11) is 0. The number of hydrogen-bond acceptors (Lipinski definition) is 7. The van der Waals surface area contributed by atoms with Crippen molar-refractivity contribution in [3.05, 3.63) is 65.3 Å². The summed E-state index contributed by atoms with van der Waals surface area (Å²) in [5, 5.41) is 28.9. The van der Waals surface area contributed by atoms with Crippen LogP contribution in [0.5, 0.6) is 0 Å². The van der Waals surface area contributed by atoms with Gasteiger partial charge in [0.1, 0.15) is 11.2 Å². The molecule has 1 atom stereocenters. The highest BCUT2D eigenvalue weighted by Gasteiger charge is 2.73.